The second-order valence-corrected chi connectivity index (χ2v) is 8.60. The normalized spacial score (nSPS) is 18.4. The molecule has 2 aliphatic rings. The quantitative estimate of drug-likeness (QED) is 0.416. The number of rotatable bonds is 4. The summed E-state index contributed by atoms with van der Waals surface area (Å²) in [7, 11) is 0. The number of halogens is 1. The van der Waals surface area contributed by atoms with Gasteiger partial charge in [0.1, 0.15) is 23.1 Å². The average Bonchev–Trinajstić information content (AvgIpc) is 3.52. The minimum Gasteiger partial charge on any atom is -0.353 e. The predicted molar refractivity (Wildman–Crippen MR) is 128 cm³/mol. The molecule has 4 aromatic rings. The number of hydrogen-bond donors (Lipinski definition) is 0. The number of fused-ring (bicyclic) bond motifs is 1. The summed E-state index contributed by atoms with van der Waals surface area (Å²) in [6.07, 6.45) is 9.30. The van der Waals surface area contributed by atoms with Crippen molar-refractivity contribution in [1.29, 1.82) is 0 Å². The third kappa shape index (κ3) is 3.73. The zero-order chi connectivity index (χ0) is 22.2. The molecule has 7 heteroatoms. The molecule has 2 aliphatic heterocycles. The van der Waals surface area contributed by atoms with Gasteiger partial charge in [0.05, 0.1) is 17.9 Å². The highest BCUT2D eigenvalue weighted by atomic mass is 19.1. The van der Waals surface area contributed by atoms with Crippen LogP contribution in [0.25, 0.3) is 17.0 Å². The number of anilines is 2. The van der Waals surface area contributed by atoms with E-state index in [1.54, 1.807) is 12.1 Å². The van der Waals surface area contributed by atoms with Gasteiger partial charge in [0.15, 0.2) is 5.65 Å². The van der Waals surface area contributed by atoms with E-state index in [2.05, 4.69) is 33.0 Å². The third-order valence-electron chi connectivity index (χ3n) is 6.51. The fraction of sp³-hybridized carbons (Fsp3) is 0.269. The Kier molecular flexibility index (Phi) is 5.02. The fourth-order valence-electron chi connectivity index (χ4n) is 4.88. The molecule has 0 aliphatic carbocycles. The van der Waals surface area contributed by atoms with Crippen LogP contribution in [0.4, 0.5) is 16.0 Å². The molecule has 33 heavy (non-hydrogen) atoms. The third-order valence-corrected chi connectivity index (χ3v) is 6.51. The van der Waals surface area contributed by atoms with Crippen molar-refractivity contribution in [1.82, 2.24) is 19.6 Å². The highest BCUT2D eigenvalue weighted by molar-refractivity contribution is 5.63. The van der Waals surface area contributed by atoms with Crippen molar-refractivity contribution in [2.24, 2.45) is 0 Å². The number of aromatic nitrogens is 4. The minimum atomic E-state index is -0.199. The number of nitrogens with zero attached hydrogens (tertiary/aromatic N) is 6. The van der Waals surface area contributed by atoms with Crippen LogP contribution in [0.1, 0.15) is 30.9 Å². The molecule has 6 nitrogen and oxygen atoms in total. The van der Waals surface area contributed by atoms with Gasteiger partial charge in [0.2, 0.25) is 0 Å². The maximum atomic E-state index is 13.9. The largest absolute Gasteiger partial charge is 0.353 e. The standard InChI is InChI=1S/C26H25FN6/c27-20-8-4-7-19(17-20)22-10-6-16-32(22)26-13-12-24-28-18-23(33(24)30-26)21-9-5-11-25(29-21)31-14-2-1-3-15-31/h1-2,4-5,7-9,11-13,17-18,22H,3,6,10,14-16H2. The topological polar surface area (TPSA) is 49.6 Å². The Hall–Kier alpha value is -3.74. The Morgan fingerprint density at radius 3 is 2.76 bits per heavy atom. The lowest BCUT2D eigenvalue weighted by atomic mass is 10.0. The number of benzene rings is 1. The van der Waals surface area contributed by atoms with Gasteiger partial charge in [-0.3, -0.25) is 0 Å². The molecule has 0 saturated carbocycles. The SMILES string of the molecule is Fc1cccc(C2CCCN2c2ccc3ncc(-c4cccc(N5CC=CCC5)n4)n3n2)c1. The molecule has 0 bridgehead atoms. The van der Waals surface area contributed by atoms with Crippen LogP contribution in [0.5, 0.6) is 0 Å². The van der Waals surface area contributed by atoms with Gasteiger partial charge in [0, 0.05) is 19.6 Å². The zero-order valence-electron chi connectivity index (χ0n) is 18.3. The van der Waals surface area contributed by atoms with E-state index in [0.29, 0.717) is 0 Å². The van der Waals surface area contributed by atoms with Crippen molar-refractivity contribution in [2.45, 2.75) is 25.3 Å². The molecule has 3 aromatic heterocycles. The van der Waals surface area contributed by atoms with Crippen LogP contribution < -0.4 is 9.80 Å². The van der Waals surface area contributed by atoms with E-state index in [9.17, 15) is 4.39 Å². The van der Waals surface area contributed by atoms with E-state index >= 15 is 0 Å². The van der Waals surface area contributed by atoms with Gasteiger partial charge in [-0.1, -0.05) is 30.4 Å². The van der Waals surface area contributed by atoms with Crippen LogP contribution in [-0.2, 0) is 0 Å². The number of hydrogen-bond acceptors (Lipinski definition) is 5. The van der Waals surface area contributed by atoms with E-state index in [1.165, 1.54) is 6.07 Å². The summed E-state index contributed by atoms with van der Waals surface area (Å²) in [6.45, 7) is 2.74. The summed E-state index contributed by atoms with van der Waals surface area (Å²) in [4.78, 5) is 14.0. The van der Waals surface area contributed by atoms with Crippen LogP contribution in [0.15, 0.2) is 72.9 Å². The molecular weight excluding hydrogens is 415 g/mol. The summed E-state index contributed by atoms with van der Waals surface area (Å²) in [5, 5.41) is 4.96. The Bertz CT molecular complexity index is 1330. The minimum absolute atomic E-state index is 0.117. The van der Waals surface area contributed by atoms with Crippen molar-refractivity contribution in [3.8, 4) is 11.4 Å². The van der Waals surface area contributed by atoms with E-state index in [4.69, 9.17) is 10.1 Å². The lowest BCUT2D eigenvalue weighted by Crippen LogP contribution is -2.27. The van der Waals surface area contributed by atoms with Crippen molar-refractivity contribution in [2.75, 3.05) is 29.4 Å². The van der Waals surface area contributed by atoms with Crippen LogP contribution >= 0.6 is 0 Å². The van der Waals surface area contributed by atoms with Crippen molar-refractivity contribution in [3.05, 3.63) is 84.3 Å². The first-order valence-electron chi connectivity index (χ1n) is 11.5. The number of imidazole rings is 1. The molecule has 0 radical (unpaired) electrons. The summed E-state index contributed by atoms with van der Waals surface area (Å²) < 4.78 is 15.7. The molecule has 1 atom stereocenters. The predicted octanol–water partition coefficient (Wildman–Crippen LogP) is 5.04. The highest BCUT2D eigenvalue weighted by Gasteiger charge is 2.28. The Morgan fingerprint density at radius 2 is 1.88 bits per heavy atom. The van der Waals surface area contributed by atoms with E-state index in [1.807, 2.05) is 41.0 Å². The lowest BCUT2D eigenvalue weighted by Gasteiger charge is -2.26. The summed E-state index contributed by atoms with van der Waals surface area (Å²) in [5.41, 5.74) is 3.48. The average molecular weight is 441 g/mol. The number of pyridine rings is 1. The fourth-order valence-corrected chi connectivity index (χ4v) is 4.88. The highest BCUT2D eigenvalue weighted by Crippen LogP contribution is 2.35. The second-order valence-electron chi connectivity index (χ2n) is 8.60. The molecule has 0 amide bonds. The van der Waals surface area contributed by atoms with E-state index in [0.717, 1.165) is 73.1 Å². The van der Waals surface area contributed by atoms with Crippen molar-refractivity contribution in [3.63, 3.8) is 0 Å². The second kappa shape index (κ2) is 8.31. The van der Waals surface area contributed by atoms with Crippen LogP contribution in [0.3, 0.4) is 0 Å². The van der Waals surface area contributed by atoms with Crippen molar-refractivity contribution >= 4 is 17.3 Å². The van der Waals surface area contributed by atoms with Crippen LogP contribution in [0, 0.1) is 5.82 Å². The first-order chi connectivity index (χ1) is 16.3. The molecule has 1 fully saturated rings. The molecule has 1 saturated heterocycles. The Balaban J connectivity index is 1.36. The monoisotopic (exact) mass is 440 g/mol. The first-order valence-corrected chi connectivity index (χ1v) is 11.5. The molecule has 1 unspecified atom stereocenters. The first kappa shape index (κ1) is 19.9. The summed E-state index contributed by atoms with van der Waals surface area (Å²) in [5.74, 6) is 1.63. The Morgan fingerprint density at radius 1 is 0.939 bits per heavy atom. The van der Waals surface area contributed by atoms with E-state index in [-0.39, 0.29) is 11.9 Å². The maximum Gasteiger partial charge on any atom is 0.154 e. The van der Waals surface area contributed by atoms with Gasteiger partial charge in [-0.25, -0.2) is 18.9 Å². The molecule has 6 rings (SSSR count). The smallest absolute Gasteiger partial charge is 0.154 e. The van der Waals surface area contributed by atoms with Gasteiger partial charge in [-0.15, -0.1) is 5.10 Å². The van der Waals surface area contributed by atoms with Gasteiger partial charge in [-0.2, -0.15) is 0 Å². The zero-order valence-corrected chi connectivity index (χ0v) is 18.3. The molecule has 1 aromatic carbocycles. The van der Waals surface area contributed by atoms with Crippen molar-refractivity contribution < 1.29 is 4.39 Å². The van der Waals surface area contributed by atoms with E-state index < -0.39 is 0 Å². The molecule has 166 valence electrons. The maximum absolute atomic E-state index is 13.9. The molecular formula is C26H25FN6. The summed E-state index contributed by atoms with van der Waals surface area (Å²) in [6, 6.07) is 17.1. The molecule has 0 spiro atoms. The van der Waals surface area contributed by atoms with Gasteiger partial charge >= 0.3 is 0 Å². The lowest BCUT2D eigenvalue weighted by molar-refractivity contribution is 0.617. The van der Waals surface area contributed by atoms with Gasteiger partial charge < -0.3 is 9.80 Å². The van der Waals surface area contributed by atoms with Crippen LogP contribution in [-0.4, -0.2) is 39.2 Å². The molecule has 0 N–H and O–H groups in total. The Labute approximate surface area is 192 Å². The van der Waals surface area contributed by atoms with Crippen LogP contribution in [0.2, 0.25) is 0 Å². The van der Waals surface area contributed by atoms with Gasteiger partial charge in [0.25, 0.3) is 0 Å². The van der Waals surface area contributed by atoms with Gasteiger partial charge in [-0.05, 0) is 61.2 Å². The molecule has 5 heterocycles. The summed E-state index contributed by atoms with van der Waals surface area (Å²) >= 11 is 0.